The highest BCUT2D eigenvalue weighted by Crippen LogP contribution is 2.53. The molecule has 4 nitrogen and oxygen atoms in total. The monoisotopic (exact) mass is 334 g/mol. The second-order valence-corrected chi connectivity index (χ2v) is 8.88. The van der Waals surface area contributed by atoms with Gasteiger partial charge in [-0.05, 0) is 57.3 Å². The summed E-state index contributed by atoms with van der Waals surface area (Å²) in [5.41, 5.74) is -0.602. The zero-order valence-corrected chi connectivity index (χ0v) is 14.9. The van der Waals surface area contributed by atoms with E-state index >= 15 is 0 Å². The molecule has 2 aliphatic heterocycles. The van der Waals surface area contributed by atoms with Crippen LogP contribution in [0.25, 0.3) is 0 Å². The Labute approximate surface area is 141 Å². The molecule has 1 aromatic heterocycles. The van der Waals surface area contributed by atoms with E-state index in [0.717, 1.165) is 49.9 Å². The second-order valence-electron chi connectivity index (χ2n) is 7.67. The Morgan fingerprint density at radius 1 is 1.39 bits per heavy atom. The number of hydrogen-bond acceptors (Lipinski definition) is 3. The smallest absolute Gasteiger partial charge is 0.280 e. The molecular weight excluding hydrogens is 308 g/mol. The van der Waals surface area contributed by atoms with Crippen molar-refractivity contribution in [2.24, 2.45) is 16.8 Å². The fraction of sp³-hybridized carbons (Fsp3) is 0.778. The van der Waals surface area contributed by atoms with E-state index in [-0.39, 0.29) is 5.91 Å². The number of thiazole rings is 1. The largest absolute Gasteiger partial charge is 0.362 e. The highest BCUT2D eigenvalue weighted by atomic mass is 32.1. The van der Waals surface area contributed by atoms with Crippen molar-refractivity contribution in [2.75, 3.05) is 0 Å². The minimum Gasteiger partial charge on any atom is -0.362 e. The first-order valence-electron chi connectivity index (χ1n) is 9.02. The Balaban J connectivity index is 1.62. The minimum atomic E-state index is -0.602. The van der Waals surface area contributed by atoms with E-state index < -0.39 is 5.60 Å². The van der Waals surface area contributed by atoms with Gasteiger partial charge in [0.15, 0.2) is 4.80 Å². The molecule has 2 saturated heterocycles. The third kappa shape index (κ3) is 2.82. The molecule has 5 heteroatoms. The standard InChI is InChI=1S/C18H26N2O2S/c1-3-4-5-20-11-12(2)23-17(20)19-16(21)18-9-13-6-14(10-18)8-15(7-13)22-18/h11,13-15H,3-10H2,1-2H3. The van der Waals surface area contributed by atoms with Crippen LogP contribution in [0.1, 0.15) is 56.7 Å². The summed E-state index contributed by atoms with van der Waals surface area (Å²) < 4.78 is 8.37. The molecule has 23 heavy (non-hydrogen) atoms. The van der Waals surface area contributed by atoms with E-state index in [9.17, 15) is 4.79 Å². The maximum absolute atomic E-state index is 13.0. The Hall–Kier alpha value is -0.940. The van der Waals surface area contributed by atoms with Crippen LogP contribution < -0.4 is 4.80 Å². The third-order valence-electron chi connectivity index (χ3n) is 5.66. The summed E-state index contributed by atoms with van der Waals surface area (Å²) in [6.45, 7) is 5.21. The zero-order chi connectivity index (χ0) is 16.0. The van der Waals surface area contributed by atoms with E-state index in [1.807, 2.05) is 0 Å². The number of aromatic nitrogens is 1. The Morgan fingerprint density at radius 3 is 2.78 bits per heavy atom. The molecule has 0 spiro atoms. The van der Waals surface area contributed by atoms with Crippen LogP contribution in [0.5, 0.6) is 0 Å². The molecule has 2 atom stereocenters. The zero-order valence-electron chi connectivity index (χ0n) is 14.1. The molecular formula is C18H26N2O2S. The van der Waals surface area contributed by atoms with Crippen molar-refractivity contribution in [1.29, 1.82) is 0 Å². The predicted molar refractivity (Wildman–Crippen MR) is 90.2 cm³/mol. The van der Waals surface area contributed by atoms with Crippen LogP contribution in [-0.4, -0.2) is 22.2 Å². The van der Waals surface area contributed by atoms with E-state index in [4.69, 9.17) is 4.74 Å². The van der Waals surface area contributed by atoms with Gasteiger partial charge in [0.25, 0.3) is 5.91 Å². The summed E-state index contributed by atoms with van der Waals surface area (Å²) in [6.07, 6.45) is 10.1. The molecule has 4 fully saturated rings. The van der Waals surface area contributed by atoms with Crippen LogP contribution in [0.15, 0.2) is 11.2 Å². The number of ether oxygens (including phenoxy) is 1. The van der Waals surface area contributed by atoms with Crippen LogP contribution in [0, 0.1) is 18.8 Å². The SMILES string of the molecule is CCCCn1cc(C)sc1=NC(=O)C12CC3CC(CC(C3)O1)C2. The van der Waals surface area contributed by atoms with Gasteiger partial charge in [-0.2, -0.15) is 4.99 Å². The van der Waals surface area contributed by atoms with Crippen molar-refractivity contribution in [3.8, 4) is 0 Å². The quantitative estimate of drug-likeness (QED) is 0.846. The molecule has 0 radical (unpaired) electrons. The molecule has 4 aliphatic rings. The summed E-state index contributed by atoms with van der Waals surface area (Å²) in [5, 5.41) is 0. The van der Waals surface area contributed by atoms with Crippen molar-refractivity contribution in [3.05, 3.63) is 15.9 Å². The molecule has 2 saturated carbocycles. The first kappa shape index (κ1) is 15.6. The van der Waals surface area contributed by atoms with Gasteiger partial charge >= 0.3 is 0 Å². The van der Waals surface area contributed by atoms with Crippen LogP contribution in [0.2, 0.25) is 0 Å². The Bertz CT molecular complexity index is 638. The van der Waals surface area contributed by atoms with Gasteiger partial charge < -0.3 is 9.30 Å². The third-order valence-corrected chi connectivity index (χ3v) is 6.60. The Morgan fingerprint density at radius 2 is 2.13 bits per heavy atom. The van der Waals surface area contributed by atoms with E-state index in [2.05, 4.69) is 29.6 Å². The highest BCUT2D eigenvalue weighted by Gasteiger charge is 2.56. The lowest BCUT2D eigenvalue weighted by Crippen LogP contribution is -2.58. The lowest BCUT2D eigenvalue weighted by atomic mass is 9.62. The molecule has 0 aromatic carbocycles. The van der Waals surface area contributed by atoms with Gasteiger partial charge in [0.05, 0.1) is 6.10 Å². The molecule has 1 aromatic rings. The molecule has 3 heterocycles. The average molecular weight is 334 g/mol. The normalized spacial score (nSPS) is 35.9. The topological polar surface area (TPSA) is 43.6 Å². The molecule has 0 N–H and O–H groups in total. The van der Waals surface area contributed by atoms with Gasteiger partial charge in [-0.25, -0.2) is 0 Å². The number of carbonyl (C=O) groups excluding carboxylic acids is 1. The predicted octanol–water partition coefficient (Wildman–Crippen LogP) is 3.43. The van der Waals surface area contributed by atoms with Crippen LogP contribution in [0.4, 0.5) is 0 Å². The van der Waals surface area contributed by atoms with Crippen molar-refractivity contribution in [3.63, 3.8) is 0 Å². The van der Waals surface area contributed by atoms with Gasteiger partial charge in [-0.15, -0.1) is 11.3 Å². The van der Waals surface area contributed by atoms with Crippen molar-refractivity contribution in [1.82, 2.24) is 4.57 Å². The summed E-state index contributed by atoms with van der Waals surface area (Å²) in [4.78, 5) is 19.6. The number of unbranched alkanes of at least 4 members (excludes halogenated alkanes) is 1. The lowest BCUT2D eigenvalue weighted by molar-refractivity contribution is -0.216. The second kappa shape index (κ2) is 5.85. The lowest BCUT2D eigenvalue weighted by Gasteiger charge is -2.54. The van der Waals surface area contributed by atoms with Crippen LogP contribution in [0.3, 0.4) is 0 Å². The summed E-state index contributed by atoms with van der Waals surface area (Å²) in [7, 11) is 0. The van der Waals surface area contributed by atoms with E-state index in [0.29, 0.717) is 17.9 Å². The molecule has 126 valence electrons. The maximum atomic E-state index is 13.0. The van der Waals surface area contributed by atoms with Crippen molar-refractivity contribution in [2.45, 2.75) is 77.0 Å². The number of hydrogen-bond donors (Lipinski definition) is 0. The van der Waals surface area contributed by atoms with E-state index in [1.165, 1.54) is 11.3 Å². The fourth-order valence-corrected chi connectivity index (χ4v) is 5.72. The van der Waals surface area contributed by atoms with E-state index in [1.54, 1.807) is 11.3 Å². The molecule has 2 unspecified atom stereocenters. The Kier molecular flexibility index (Phi) is 3.96. The highest BCUT2D eigenvalue weighted by molar-refractivity contribution is 7.09. The molecule has 4 bridgehead atoms. The molecule has 1 amide bonds. The number of amides is 1. The van der Waals surface area contributed by atoms with Crippen molar-refractivity contribution < 1.29 is 9.53 Å². The van der Waals surface area contributed by atoms with Gasteiger partial charge in [-0.1, -0.05) is 13.3 Å². The number of nitrogens with zero attached hydrogens (tertiary/aromatic N) is 2. The average Bonchev–Trinajstić information content (AvgIpc) is 2.83. The first-order valence-corrected chi connectivity index (χ1v) is 9.83. The fourth-order valence-electron chi connectivity index (χ4n) is 4.86. The van der Waals surface area contributed by atoms with Crippen molar-refractivity contribution >= 4 is 17.2 Å². The van der Waals surface area contributed by atoms with Gasteiger partial charge in [0, 0.05) is 17.6 Å². The minimum absolute atomic E-state index is 0.0244. The summed E-state index contributed by atoms with van der Waals surface area (Å²) in [5.74, 6) is 1.33. The number of rotatable bonds is 4. The van der Waals surface area contributed by atoms with Gasteiger partial charge in [-0.3, -0.25) is 4.79 Å². The number of aryl methyl sites for hydroxylation is 2. The number of carbonyl (C=O) groups is 1. The molecule has 5 rings (SSSR count). The molecule has 2 aliphatic carbocycles. The maximum Gasteiger partial charge on any atom is 0.280 e. The van der Waals surface area contributed by atoms with Crippen LogP contribution >= 0.6 is 11.3 Å². The first-order chi connectivity index (χ1) is 11.1. The summed E-state index contributed by atoms with van der Waals surface area (Å²) in [6, 6.07) is 0. The summed E-state index contributed by atoms with van der Waals surface area (Å²) >= 11 is 1.62. The van der Waals surface area contributed by atoms with Crippen LogP contribution in [-0.2, 0) is 16.1 Å². The van der Waals surface area contributed by atoms with Gasteiger partial charge in [0.2, 0.25) is 0 Å². The van der Waals surface area contributed by atoms with Gasteiger partial charge in [0.1, 0.15) is 5.60 Å².